The zero-order valence-electron chi connectivity index (χ0n) is 9.26. The third kappa shape index (κ3) is 4.72. The van der Waals surface area contributed by atoms with E-state index in [4.69, 9.17) is 23.2 Å². The molecule has 0 aliphatic carbocycles. The predicted octanol–water partition coefficient (Wildman–Crippen LogP) is 3.47. The average molecular weight is 300 g/mol. The van der Waals surface area contributed by atoms with Crippen molar-refractivity contribution in [3.05, 3.63) is 20.3 Å². The summed E-state index contributed by atoms with van der Waals surface area (Å²) in [5.74, 6) is 0.734. The summed E-state index contributed by atoms with van der Waals surface area (Å²) in [5, 5.41) is 3.34. The molecule has 2 atom stereocenters. The van der Waals surface area contributed by atoms with Gasteiger partial charge in [-0.05, 0) is 31.5 Å². The van der Waals surface area contributed by atoms with E-state index in [0.29, 0.717) is 4.34 Å². The molecule has 6 heteroatoms. The third-order valence-electron chi connectivity index (χ3n) is 2.21. The van der Waals surface area contributed by atoms with Gasteiger partial charge >= 0.3 is 0 Å². The van der Waals surface area contributed by atoms with Gasteiger partial charge in [0.15, 0.2) is 0 Å². The molecule has 0 fully saturated rings. The number of hydrogen-bond donors (Lipinski definition) is 1. The van der Waals surface area contributed by atoms with Crippen LogP contribution in [0.3, 0.4) is 0 Å². The Morgan fingerprint density at radius 2 is 2.25 bits per heavy atom. The maximum atomic E-state index is 10.9. The van der Waals surface area contributed by atoms with Gasteiger partial charge in [-0.25, -0.2) is 0 Å². The fraction of sp³-hybridized carbons (Fsp3) is 0.600. The molecule has 0 radical (unpaired) electrons. The van der Waals surface area contributed by atoms with Crippen molar-refractivity contribution >= 4 is 45.3 Å². The Morgan fingerprint density at radius 3 is 2.75 bits per heavy atom. The van der Waals surface area contributed by atoms with Crippen LogP contribution >= 0.6 is 34.5 Å². The van der Waals surface area contributed by atoms with E-state index >= 15 is 0 Å². The largest absolute Gasteiger partial charge is 0.310 e. The Balaban J connectivity index is 2.38. The summed E-state index contributed by atoms with van der Waals surface area (Å²) in [6.07, 6.45) is 2.63. The molecule has 1 N–H and O–H groups in total. The first-order valence-electron chi connectivity index (χ1n) is 4.99. The summed E-state index contributed by atoms with van der Waals surface area (Å²) in [5.41, 5.74) is 1.04. The maximum absolute atomic E-state index is 10.9. The SMILES string of the molecule is CC(NCCCS(C)=O)c1cc(Cl)sc1Cl. The molecular weight excluding hydrogens is 285 g/mol. The molecule has 2 nitrogen and oxygen atoms in total. The summed E-state index contributed by atoms with van der Waals surface area (Å²) in [6.45, 7) is 2.89. The van der Waals surface area contributed by atoms with Crippen LogP contribution < -0.4 is 5.32 Å². The lowest BCUT2D eigenvalue weighted by Gasteiger charge is -2.12. The van der Waals surface area contributed by atoms with Gasteiger partial charge in [0.1, 0.15) is 0 Å². The molecular formula is C10H15Cl2NOS2. The van der Waals surface area contributed by atoms with E-state index in [-0.39, 0.29) is 6.04 Å². The van der Waals surface area contributed by atoms with Gasteiger partial charge in [0.05, 0.1) is 8.67 Å². The quantitative estimate of drug-likeness (QED) is 0.815. The van der Waals surface area contributed by atoms with E-state index in [2.05, 4.69) is 5.32 Å². The first-order valence-corrected chi connectivity index (χ1v) is 8.29. The van der Waals surface area contributed by atoms with Gasteiger partial charge in [-0.3, -0.25) is 4.21 Å². The molecule has 0 aromatic carbocycles. The molecule has 0 saturated heterocycles. The predicted molar refractivity (Wildman–Crippen MR) is 74.3 cm³/mol. The van der Waals surface area contributed by atoms with Gasteiger partial charge < -0.3 is 5.32 Å². The van der Waals surface area contributed by atoms with Crippen molar-refractivity contribution in [3.63, 3.8) is 0 Å². The first-order chi connectivity index (χ1) is 7.50. The van der Waals surface area contributed by atoms with Crippen molar-refractivity contribution in [3.8, 4) is 0 Å². The molecule has 1 heterocycles. The second kappa shape index (κ2) is 6.97. The second-order valence-electron chi connectivity index (χ2n) is 3.59. The van der Waals surface area contributed by atoms with E-state index in [1.807, 2.05) is 13.0 Å². The van der Waals surface area contributed by atoms with Crippen molar-refractivity contribution in [2.75, 3.05) is 18.6 Å². The Morgan fingerprint density at radius 1 is 1.56 bits per heavy atom. The van der Waals surface area contributed by atoms with E-state index in [1.165, 1.54) is 11.3 Å². The van der Waals surface area contributed by atoms with Gasteiger partial charge in [-0.2, -0.15) is 0 Å². The highest BCUT2D eigenvalue weighted by Crippen LogP contribution is 2.34. The normalized spacial score (nSPS) is 15.0. The van der Waals surface area contributed by atoms with Crippen LogP contribution in [0.5, 0.6) is 0 Å². The molecule has 0 aliphatic heterocycles. The standard InChI is InChI=1S/C10H15Cl2NOS2/c1-7(13-4-3-5-16(2)14)8-6-9(11)15-10(8)12/h6-7,13H,3-5H2,1-2H3. The smallest absolute Gasteiger partial charge is 0.0991 e. The fourth-order valence-corrected chi connectivity index (χ4v) is 3.55. The fourth-order valence-electron chi connectivity index (χ4n) is 1.35. The van der Waals surface area contributed by atoms with Gasteiger partial charge in [0.2, 0.25) is 0 Å². The Bertz CT molecular complexity index is 368. The maximum Gasteiger partial charge on any atom is 0.0991 e. The second-order valence-corrected chi connectivity index (χ2v) is 7.43. The lowest BCUT2D eigenvalue weighted by molar-refractivity contribution is 0.572. The molecule has 1 aromatic rings. The van der Waals surface area contributed by atoms with Crippen LogP contribution in [0.1, 0.15) is 24.9 Å². The molecule has 0 amide bonds. The highest BCUT2D eigenvalue weighted by atomic mass is 35.5. The Labute approximate surface area is 113 Å². The van der Waals surface area contributed by atoms with Crippen molar-refractivity contribution in [2.24, 2.45) is 0 Å². The van der Waals surface area contributed by atoms with Crippen LogP contribution in [0.4, 0.5) is 0 Å². The molecule has 0 bridgehead atoms. The Kier molecular flexibility index (Phi) is 6.29. The van der Waals surface area contributed by atoms with Crippen molar-refractivity contribution in [2.45, 2.75) is 19.4 Å². The average Bonchev–Trinajstić information content (AvgIpc) is 2.52. The van der Waals surface area contributed by atoms with Gasteiger partial charge in [-0.1, -0.05) is 23.2 Å². The molecule has 0 saturated carbocycles. The number of hydrogen-bond acceptors (Lipinski definition) is 3. The van der Waals surface area contributed by atoms with E-state index in [9.17, 15) is 4.21 Å². The van der Waals surface area contributed by atoms with Gasteiger partial charge in [0, 0.05) is 28.9 Å². The number of nitrogens with one attached hydrogen (secondary N) is 1. The summed E-state index contributed by atoms with van der Waals surface area (Å²) in [6, 6.07) is 2.08. The highest BCUT2D eigenvalue weighted by Gasteiger charge is 2.12. The molecule has 1 aromatic heterocycles. The van der Waals surface area contributed by atoms with Crippen LogP contribution in [0.15, 0.2) is 6.07 Å². The lowest BCUT2D eigenvalue weighted by atomic mass is 10.2. The summed E-state index contributed by atoms with van der Waals surface area (Å²) < 4.78 is 12.3. The minimum Gasteiger partial charge on any atom is -0.310 e. The molecule has 0 spiro atoms. The Hall–Kier alpha value is 0.390. The summed E-state index contributed by atoms with van der Waals surface area (Å²) in [7, 11) is -0.710. The number of halogens is 2. The monoisotopic (exact) mass is 299 g/mol. The third-order valence-corrected chi connectivity index (χ3v) is 4.59. The summed E-state index contributed by atoms with van der Waals surface area (Å²) >= 11 is 13.3. The zero-order chi connectivity index (χ0) is 12.1. The van der Waals surface area contributed by atoms with Crippen molar-refractivity contribution < 1.29 is 4.21 Å². The van der Waals surface area contributed by atoms with E-state index in [1.54, 1.807) is 6.26 Å². The molecule has 16 heavy (non-hydrogen) atoms. The molecule has 1 rings (SSSR count). The number of rotatable bonds is 6. The first kappa shape index (κ1) is 14.5. The van der Waals surface area contributed by atoms with Crippen LogP contribution in [-0.4, -0.2) is 22.8 Å². The van der Waals surface area contributed by atoms with E-state index < -0.39 is 10.8 Å². The molecule has 2 unspecified atom stereocenters. The topological polar surface area (TPSA) is 29.1 Å². The van der Waals surface area contributed by atoms with Crippen LogP contribution in [0.25, 0.3) is 0 Å². The van der Waals surface area contributed by atoms with E-state index in [0.717, 1.165) is 28.6 Å². The minimum absolute atomic E-state index is 0.182. The lowest BCUT2D eigenvalue weighted by Crippen LogP contribution is -2.20. The van der Waals surface area contributed by atoms with Crippen LogP contribution in [0.2, 0.25) is 8.67 Å². The number of thiophene rings is 1. The molecule has 92 valence electrons. The van der Waals surface area contributed by atoms with Gasteiger partial charge in [-0.15, -0.1) is 11.3 Å². The highest BCUT2D eigenvalue weighted by molar-refractivity contribution is 7.84. The van der Waals surface area contributed by atoms with Crippen molar-refractivity contribution in [1.29, 1.82) is 0 Å². The molecule has 0 aliphatic rings. The van der Waals surface area contributed by atoms with Crippen molar-refractivity contribution in [1.82, 2.24) is 5.32 Å². The minimum atomic E-state index is -0.710. The van der Waals surface area contributed by atoms with Gasteiger partial charge in [0.25, 0.3) is 0 Å². The zero-order valence-corrected chi connectivity index (χ0v) is 12.4. The van der Waals surface area contributed by atoms with Crippen LogP contribution in [0, 0.1) is 0 Å². The van der Waals surface area contributed by atoms with Crippen LogP contribution in [-0.2, 0) is 10.8 Å². The summed E-state index contributed by atoms with van der Waals surface area (Å²) in [4.78, 5) is 0.